The summed E-state index contributed by atoms with van der Waals surface area (Å²) >= 11 is 0. The van der Waals surface area contributed by atoms with E-state index in [-0.39, 0.29) is 52.8 Å². The fraction of sp³-hybridized carbons (Fsp3) is 0.556. The Balaban J connectivity index is 1.45. The van der Waals surface area contributed by atoms with E-state index >= 15 is 4.39 Å². The number of nitrogens with zero attached hydrogens (tertiary/aromatic N) is 8. The zero-order chi connectivity index (χ0) is 30.4. The number of hydrogen-bond donors (Lipinski definition) is 3. The Hall–Kier alpha value is -4.09. The van der Waals surface area contributed by atoms with Crippen molar-refractivity contribution in [2.45, 2.75) is 76.6 Å². The third-order valence-corrected chi connectivity index (χ3v) is 7.24. The molecule has 1 aromatic carbocycles. The molecule has 2 aromatic heterocycles. The minimum Gasteiger partial charge on any atom is -0.488 e. The van der Waals surface area contributed by atoms with Gasteiger partial charge in [-0.1, -0.05) is 0 Å². The van der Waals surface area contributed by atoms with E-state index in [0.717, 1.165) is 41.2 Å². The molecule has 3 N–H and O–H groups in total. The van der Waals surface area contributed by atoms with Crippen molar-refractivity contribution in [3.63, 3.8) is 0 Å². The summed E-state index contributed by atoms with van der Waals surface area (Å²) in [5.74, 6) is -0.460. The lowest BCUT2D eigenvalue weighted by Gasteiger charge is -2.48. The molecule has 4 heterocycles. The van der Waals surface area contributed by atoms with Gasteiger partial charge in [-0.25, -0.2) is 24.0 Å². The summed E-state index contributed by atoms with van der Waals surface area (Å²) in [6.07, 6.45) is 4.45. The minimum absolute atomic E-state index is 0.0181. The SMILES string of the molecule is [2H][C@@]12CCCN1C(C)(C)C[C@H](Nc1nc(Nc3cc(-n4nnn(C)c4=O)c(OCC(C)(C)O)cc3F)ncc1[N+]#[C-])C2. The maximum absolute atomic E-state index is 15.3. The average Bonchev–Trinajstić information content (AvgIpc) is 3.45. The second-order valence-electron chi connectivity index (χ2n) is 11.7. The van der Waals surface area contributed by atoms with Crippen molar-refractivity contribution in [3.8, 4) is 11.4 Å². The van der Waals surface area contributed by atoms with Gasteiger partial charge in [-0.2, -0.15) is 9.36 Å². The van der Waals surface area contributed by atoms with Crippen LogP contribution in [0.4, 0.5) is 27.5 Å². The Morgan fingerprint density at radius 1 is 1.37 bits per heavy atom. The summed E-state index contributed by atoms with van der Waals surface area (Å²) in [5, 5.41) is 23.9. The highest BCUT2D eigenvalue weighted by molar-refractivity contribution is 5.69. The number of piperidine rings is 1. The number of aromatic nitrogens is 6. The van der Waals surface area contributed by atoms with Crippen LogP contribution in [-0.4, -0.2) is 76.1 Å². The molecule has 0 aliphatic carbocycles. The highest BCUT2D eigenvalue weighted by Crippen LogP contribution is 2.39. The van der Waals surface area contributed by atoms with Gasteiger partial charge in [-0.15, -0.1) is 0 Å². The fourth-order valence-corrected chi connectivity index (χ4v) is 5.43. The first kappa shape index (κ1) is 27.1. The third kappa shape index (κ3) is 6.01. The van der Waals surface area contributed by atoms with Gasteiger partial charge >= 0.3 is 5.69 Å². The number of ether oxygens (including phenoxy) is 1. The molecule has 41 heavy (non-hydrogen) atoms. The van der Waals surface area contributed by atoms with Crippen molar-refractivity contribution in [2.75, 3.05) is 23.8 Å². The van der Waals surface area contributed by atoms with Crippen molar-refractivity contribution in [2.24, 2.45) is 7.05 Å². The van der Waals surface area contributed by atoms with E-state index in [1.54, 1.807) is 0 Å². The lowest BCUT2D eigenvalue weighted by molar-refractivity contribution is 0.0283. The van der Waals surface area contributed by atoms with E-state index in [2.05, 4.69) is 54.6 Å². The molecule has 2 atom stereocenters. The fourth-order valence-electron chi connectivity index (χ4n) is 5.43. The van der Waals surface area contributed by atoms with Crippen LogP contribution < -0.4 is 21.1 Å². The molecule has 0 spiro atoms. The van der Waals surface area contributed by atoms with Crippen LogP contribution in [0.2, 0.25) is 0 Å². The smallest absolute Gasteiger partial charge is 0.368 e. The van der Waals surface area contributed by atoms with E-state index in [0.29, 0.717) is 6.42 Å². The Labute approximate surface area is 238 Å². The molecule has 0 unspecified atom stereocenters. The molecule has 5 rings (SSSR count). The summed E-state index contributed by atoms with van der Waals surface area (Å²) in [5.41, 5.74) is -1.80. The second-order valence-corrected chi connectivity index (χ2v) is 11.7. The van der Waals surface area contributed by atoms with Gasteiger partial charge in [0.05, 0.1) is 17.9 Å². The summed E-state index contributed by atoms with van der Waals surface area (Å²) in [6.45, 7) is 15.7. The predicted molar refractivity (Wildman–Crippen MR) is 150 cm³/mol. The number of aryl methyl sites for hydroxylation is 1. The van der Waals surface area contributed by atoms with Gasteiger partial charge in [-0.3, -0.25) is 4.90 Å². The summed E-state index contributed by atoms with van der Waals surface area (Å²) < 4.78 is 32.0. The molecule has 13 nitrogen and oxygen atoms in total. The van der Waals surface area contributed by atoms with E-state index < -0.39 is 23.1 Å². The number of rotatable bonds is 8. The highest BCUT2D eigenvalue weighted by Gasteiger charge is 2.43. The molecule has 2 fully saturated rings. The Morgan fingerprint density at radius 2 is 2.15 bits per heavy atom. The van der Waals surface area contributed by atoms with Gasteiger partial charge in [-0.05, 0) is 76.4 Å². The van der Waals surface area contributed by atoms with Crippen LogP contribution in [0.5, 0.6) is 5.75 Å². The van der Waals surface area contributed by atoms with Crippen LogP contribution in [0.1, 0.15) is 54.7 Å². The van der Waals surface area contributed by atoms with Crippen LogP contribution >= 0.6 is 0 Å². The second kappa shape index (κ2) is 10.7. The van der Waals surface area contributed by atoms with Gasteiger partial charge < -0.3 is 20.5 Å². The normalized spacial score (nSPS) is 22.5. The number of tetrazole rings is 1. The predicted octanol–water partition coefficient (Wildman–Crippen LogP) is 3.16. The zero-order valence-electron chi connectivity index (χ0n) is 24.8. The molecule has 2 aliphatic rings. The standard InChI is InChI=1S/C27H35FN10O3/c1-26(2)13-16(10-17-8-7-9-37(17)26)31-23-20(29-5)14-30-24(33-23)32-19-12-21(38-25(39)36(6)34-35-38)22(11-18(19)28)41-15-27(3,4)40/h11-12,14,16-17,40H,7-10,13,15H2,1-4,6H3,(H2,30,31,32,33)/t16-,17+/m1/s1/i17D. The number of hydrogen-bond acceptors (Lipinski definition) is 10. The van der Waals surface area contributed by atoms with E-state index in [1.807, 2.05) is 0 Å². The molecular formula is C27H35FN10O3. The highest BCUT2D eigenvalue weighted by atomic mass is 19.1. The number of anilines is 3. The van der Waals surface area contributed by atoms with Crippen LogP contribution in [0, 0.1) is 12.4 Å². The van der Waals surface area contributed by atoms with Crippen LogP contribution in [0.15, 0.2) is 23.1 Å². The molecular weight excluding hydrogens is 531 g/mol. The largest absolute Gasteiger partial charge is 0.488 e. The van der Waals surface area contributed by atoms with E-state index in [4.69, 9.17) is 12.7 Å². The van der Waals surface area contributed by atoms with E-state index in [1.165, 1.54) is 33.2 Å². The maximum atomic E-state index is 15.3. The Morgan fingerprint density at radius 3 is 2.83 bits per heavy atom. The van der Waals surface area contributed by atoms with Crippen molar-refractivity contribution in [1.29, 1.82) is 0 Å². The van der Waals surface area contributed by atoms with Crippen LogP contribution in [-0.2, 0) is 7.05 Å². The molecule has 2 saturated heterocycles. The first-order valence-electron chi connectivity index (χ1n) is 13.9. The molecule has 3 aromatic rings. The number of aliphatic hydroxyl groups is 1. The Kier molecular flexibility index (Phi) is 7.08. The van der Waals surface area contributed by atoms with Gasteiger partial charge in [0.1, 0.15) is 23.9 Å². The zero-order valence-corrected chi connectivity index (χ0v) is 23.8. The summed E-state index contributed by atoms with van der Waals surface area (Å²) in [4.78, 5) is 27.1. The Bertz CT molecular complexity index is 1590. The summed E-state index contributed by atoms with van der Waals surface area (Å²) in [6, 6.07) is 1.60. The van der Waals surface area contributed by atoms with Crippen molar-refractivity contribution < 1.29 is 15.6 Å². The molecule has 14 heteroatoms. The molecule has 218 valence electrons. The third-order valence-electron chi connectivity index (χ3n) is 7.24. The average molecular weight is 568 g/mol. The number of nitrogens with one attached hydrogen (secondary N) is 2. The first-order chi connectivity index (χ1) is 19.7. The first-order valence-corrected chi connectivity index (χ1v) is 13.4. The molecule has 0 saturated carbocycles. The van der Waals surface area contributed by atoms with Gasteiger partial charge in [0, 0.05) is 38.3 Å². The number of fused-ring (bicyclic) bond motifs is 1. The molecule has 0 radical (unpaired) electrons. The molecule has 0 bridgehead atoms. The van der Waals surface area contributed by atoms with Gasteiger partial charge in [0.2, 0.25) is 11.6 Å². The number of halogens is 1. The van der Waals surface area contributed by atoms with Crippen LogP contribution in [0.3, 0.4) is 0 Å². The molecule has 0 amide bonds. The van der Waals surface area contributed by atoms with Crippen LogP contribution in [0.25, 0.3) is 10.5 Å². The monoisotopic (exact) mass is 567 g/mol. The maximum Gasteiger partial charge on any atom is 0.368 e. The van der Waals surface area contributed by atoms with E-state index in [9.17, 15) is 9.90 Å². The number of benzene rings is 1. The van der Waals surface area contributed by atoms with Gasteiger partial charge in [0.25, 0.3) is 0 Å². The van der Waals surface area contributed by atoms with Gasteiger partial charge in [0.15, 0.2) is 5.82 Å². The topological polar surface area (TPSA) is 140 Å². The van der Waals surface area contributed by atoms with Crippen molar-refractivity contribution >= 4 is 23.1 Å². The lowest BCUT2D eigenvalue weighted by Crippen LogP contribution is -2.55. The minimum atomic E-state index is -1.22. The van der Waals surface area contributed by atoms with Crippen molar-refractivity contribution in [3.05, 3.63) is 46.0 Å². The summed E-state index contributed by atoms with van der Waals surface area (Å²) in [7, 11) is 1.42. The quantitative estimate of drug-likeness (QED) is 0.348. The van der Waals surface area contributed by atoms with Crippen molar-refractivity contribution in [1.82, 2.24) is 34.7 Å². The molecule has 2 aliphatic heterocycles. The lowest BCUT2D eigenvalue weighted by atomic mass is 9.84.